The molecule has 9 heteroatoms. The van der Waals surface area contributed by atoms with Crippen LogP contribution in [0, 0.1) is 5.92 Å². The van der Waals surface area contributed by atoms with Crippen molar-refractivity contribution in [2.24, 2.45) is 5.92 Å². The number of carbonyl (C=O) groups is 1. The van der Waals surface area contributed by atoms with E-state index in [0.29, 0.717) is 24.8 Å². The number of hydrogen-bond acceptors (Lipinski definition) is 6. The first kappa shape index (κ1) is 23.3. The van der Waals surface area contributed by atoms with Crippen molar-refractivity contribution in [3.05, 3.63) is 63.9 Å². The highest BCUT2D eigenvalue weighted by Crippen LogP contribution is 2.23. The van der Waals surface area contributed by atoms with Gasteiger partial charge in [0.2, 0.25) is 17.6 Å². The number of piperidine rings is 1. The summed E-state index contributed by atoms with van der Waals surface area (Å²) in [5, 5.41) is 7.91. The van der Waals surface area contributed by atoms with Crippen LogP contribution in [0.25, 0.3) is 11.4 Å². The Morgan fingerprint density at radius 1 is 1.22 bits per heavy atom. The van der Waals surface area contributed by atoms with Gasteiger partial charge >= 0.3 is 0 Å². The fraction of sp³-hybridized carbons (Fsp3) is 0.348. The molecule has 0 unspecified atom stereocenters. The van der Waals surface area contributed by atoms with E-state index in [1.54, 1.807) is 11.8 Å². The lowest BCUT2D eigenvalue weighted by molar-refractivity contribution is -0.126. The van der Waals surface area contributed by atoms with Crippen LogP contribution in [0.4, 0.5) is 0 Å². The van der Waals surface area contributed by atoms with Crippen LogP contribution in [0.5, 0.6) is 0 Å². The number of rotatable bonds is 8. The van der Waals surface area contributed by atoms with Gasteiger partial charge in [-0.1, -0.05) is 44.8 Å². The van der Waals surface area contributed by atoms with Gasteiger partial charge in [0, 0.05) is 38.2 Å². The van der Waals surface area contributed by atoms with Gasteiger partial charge in [-0.2, -0.15) is 4.98 Å². The first-order valence-corrected chi connectivity index (χ1v) is 12.7. The van der Waals surface area contributed by atoms with E-state index in [-0.39, 0.29) is 11.8 Å². The third kappa shape index (κ3) is 6.57. The molecular formula is C23H24BrClN4O2S. The van der Waals surface area contributed by atoms with Gasteiger partial charge in [0.25, 0.3) is 0 Å². The van der Waals surface area contributed by atoms with Crippen LogP contribution in [0.2, 0.25) is 5.02 Å². The Kier molecular flexibility index (Phi) is 8.24. The molecule has 1 saturated heterocycles. The molecule has 32 heavy (non-hydrogen) atoms. The quantitative estimate of drug-likeness (QED) is 0.313. The van der Waals surface area contributed by atoms with Crippen molar-refractivity contribution < 1.29 is 9.32 Å². The second-order valence-electron chi connectivity index (χ2n) is 7.67. The maximum atomic E-state index is 12.5. The smallest absolute Gasteiger partial charge is 0.241 e. The minimum absolute atomic E-state index is 0.0618. The number of aromatic nitrogens is 2. The molecule has 1 aromatic heterocycles. The van der Waals surface area contributed by atoms with Crippen LogP contribution in [-0.4, -0.2) is 46.3 Å². The van der Waals surface area contributed by atoms with E-state index in [0.717, 1.165) is 51.6 Å². The number of benzene rings is 2. The molecule has 1 amide bonds. The molecule has 0 atom stereocenters. The van der Waals surface area contributed by atoms with Crippen molar-refractivity contribution in [3.8, 4) is 11.4 Å². The summed E-state index contributed by atoms with van der Waals surface area (Å²) >= 11 is 11.1. The molecule has 0 spiro atoms. The van der Waals surface area contributed by atoms with E-state index < -0.39 is 0 Å². The van der Waals surface area contributed by atoms with E-state index >= 15 is 0 Å². The van der Waals surface area contributed by atoms with Crippen LogP contribution in [-0.2, 0) is 11.3 Å². The molecular weight excluding hydrogens is 512 g/mol. The molecule has 6 nitrogen and oxygen atoms in total. The highest BCUT2D eigenvalue weighted by atomic mass is 79.9. The number of halogens is 2. The molecule has 3 aromatic rings. The van der Waals surface area contributed by atoms with E-state index in [1.807, 2.05) is 48.5 Å². The van der Waals surface area contributed by atoms with Crippen LogP contribution >= 0.6 is 39.3 Å². The Morgan fingerprint density at radius 3 is 2.75 bits per heavy atom. The topological polar surface area (TPSA) is 71.3 Å². The summed E-state index contributed by atoms with van der Waals surface area (Å²) in [5.74, 6) is 2.24. The molecule has 0 bridgehead atoms. The van der Waals surface area contributed by atoms with Gasteiger partial charge in [-0.3, -0.25) is 9.69 Å². The number of likely N-dealkylation sites (tertiary alicyclic amines) is 1. The van der Waals surface area contributed by atoms with Gasteiger partial charge in [-0.15, -0.1) is 11.8 Å². The van der Waals surface area contributed by atoms with Gasteiger partial charge in [0.05, 0.1) is 6.54 Å². The molecule has 4 rings (SSSR count). The van der Waals surface area contributed by atoms with Crippen molar-refractivity contribution in [1.29, 1.82) is 0 Å². The molecule has 168 valence electrons. The van der Waals surface area contributed by atoms with Crippen LogP contribution < -0.4 is 5.32 Å². The summed E-state index contributed by atoms with van der Waals surface area (Å²) in [6.45, 7) is 2.94. The Labute approximate surface area is 205 Å². The zero-order chi connectivity index (χ0) is 22.3. The molecule has 2 aromatic carbocycles. The van der Waals surface area contributed by atoms with Gasteiger partial charge < -0.3 is 9.84 Å². The molecule has 1 aliphatic heterocycles. The highest BCUT2D eigenvalue weighted by molar-refractivity contribution is 9.10. The third-order valence-corrected chi connectivity index (χ3v) is 7.11. The maximum Gasteiger partial charge on any atom is 0.241 e. The van der Waals surface area contributed by atoms with Crippen LogP contribution in [0.15, 0.2) is 62.4 Å². The molecule has 1 fully saturated rings. The molecule has 1 N–H and O–H groups in total. The second-order valence-corrected chi connectivity index (χ2v) is 10.2. The van der Waals surface area contributed by atoms with Gasteiger partial charge in [-0.25, -0.2) is 0 Å². The lowest BCUT2D eigenvalue weighted by Gasteiger charge is -2.30. The number of thioether (sulfide) groups is 1. The number of amides is 1. The first-order chi connectivity index (χ1) is 15.6. The second kappa shape index (κ2) is 11.3. The number of carbonyl (C=O) groups excluding carboxylic acids is 1. The summed E-state index contributed by atoms with van der Waals surface area (Å²) in [6.07, 6.45) is 1.67. The summed E-state index contributed by atoms with van der Waals surface area (Å²) in [5.41, 5.74) is 0.916. The predicted octanol–water partition coefficient (Wildman–Crippen LogP) is 5.27. The Bertz CT molecular complexity index is 1040. The lowest BCUT2D eigenvalue weighted by atomic mass is 9.96. The van der Waals surface area contributed by atoms with Gasteiger partial charge in [-0.05, 0) is 62.3 Å². The Morgan fingerprint density at radius 2 is 2.00 bits per heavy atom. The zero-order valence-electron chi connectivity index (χ0n) is 17.5. The summed E-state index contributed by atoms with van der Waals surface area (Å²) in [4.78, 5) is 20.4. The fourth-order valence-corrected chi connectivity index (χ4v) is 4.92. The molecule has 0 aliphatic carbocycles. The highest BCUT2D eigenvalue weighted by Gasteiger charge is 2.25. The van der Waals surface area contributed by atoms with Crippen molar-refractivity contribution in [2.45, 2.75) is 24.3 Å². The minimum atomic E-state index is 0.0618. The van der Waals surface area contributed by atoms with E-state index in [1.165, 1.54) is 0 Å². The van der Waals surface area contributed by atoms with E-state index in [2.05, 4.69) is 36.3 Å². The Hall–Kier alpha value is -1.87. The summed E-state index contributed by atoms with van der Waals surface area (Å²) < 4.78 is 6.41. The largest absolute Gasteiger partial charge is 0.355 e. The first-order valence-electron chi connectivity index (χ1n) is 10.5. The molecule has 1 aliphatic rings. The predicted molar refractivity (Wildman–Crippen MR) is 131 cm³/mol. The number of hydrogen-bond donors (Lipinski definition) is 1. The lowest BCUT2D eigenvalue weighted by Crippen LogP contribution is -2.40. The minimum Gasteiger partial charge on any atom is -0.355 e. The monoisotopic (exact) mass is 534 g/mol. The van der Waals surface area contributed by atoms with Gasteiger partial charge in [0.15, 0.2) is 0 Å². The number of nitrogens with one attached hydrogen (secondary N) is 1. The van der Waals surface area contributed by atoms with Crippen LogP contribution in [0.3, 0.4) is 0 Å². The van der Waals surface area contributed by atoms with E-state index in [4.69, 9.17) is 16.1 Å². The Balaban J connectivity index is 1.17. The SMILES string of the molecule is O=C(NCCSc1ccc(Cl)cc1)C1CCN(Cc2nc(-c3cccc(Br)c3)no2)CC1. The fourth-order valence-electron chi connectivity index (χ4n) is 3.63. The standard InChI is InChI=1S/C23H24BrClN4O2S/c24-18-3-1-2-17(14-18)22-27-21(31-28-22)15-29-11-8-16(9-12-29)23(30)26-10-13-32-20-6-4-19(25)5-7-20/h1-7,14,16H,8-13,15H2,(H,26,30). The molecule has 0 radical (unpaired) electrons. The molecule has 0 saturated carbocycles. The maximum absolute atomic E-state index is 12.5. The van der Waals surface area contributed by atoms with Gasteiger partial charge in [0.1, 0.15) is 0 Å². The number of nitrogens with zero attached hydrogens (tertiary/aromatic N) is 3. The van der Waals surface area contributed by atoms with E-state index in [9.17, 15) is 4.79 Å². The third-order valence-electron chi connectivity index (χ3n) is 5.35. The normalized spacial score (nSPS) is 15.1. The average Bonchev–Trinajstić information content (AvgIpc) is 3.27. The van der Waals surface area contributed by atoms with Crippen LogP contribution in [0.1, 0.15) is 18.7 Å². The summed E-state index contributed by atoms with van der Waals surface area (Å²) in [6, 6.07) is 15.6. The van der Waals surface area contributed by atoms with Crippen molar-refractivity contribution in [2.75, 3.05) is 25.4 Å². The van der Waals surface area contributed by atoms with Crippen molar-refractivity contribution >= 4 is 45.2 Å². The molecule has 2 heterocycles. The zero-order valence-corrected chi connectivity index (χ0v) is 20.6. The summed E-state index contributed by atoms with van der Waals surface area (Å²) in [7, 11) is 0. The van der Waals surface area contributed by atoms with Crippen molar-refractivity contribution in [3.63, 3.8) is 0 Å². The van der Waals surface area contributed by atoms with Crippen molar-refractivity contribution in [1.82, 2.24) is 20.4 Å². The average molecular weight is 536 g/mol.